The van der Waals surface area contributed by atoms with Gasteiger partial charge in [-0.05, 0) is 96.3 Å². The average Bonchev–Trinajstić information content (AvgIpc) is 3.44. The molecule has 6 nitrogen and oxygen atoms in total. The van der Waals surface area contributed by atoms with Gasteiger partial charge in [0.1, 0.15) is 13.2 Å². The van der Waals surface area contributed by atoms with Gasteiger partial charge in [0, 0.05) is 12.8 Å². The Morgan fingerprint density at radius 3 is 0.897 bits per heavy atom. The van der Waals surface area contributed by atoms with Crippen molar-refractivity contribution in [1.82, 2.24) is 0 Å². The van der Waals surface area contributed by atoms with Gasteiger partial charge in [-0.2, -0.15) is 0 Å². The normalized spacial score (nSPS) is 13.0. The van der Waals surface area contributed by atoms with Crippen molar-refractivity contribution in [2.45, 2.75) is 290 Å². The van der Waals surface area contributed by atoms with E-state index in [2.05, 4.69) is 142 Å². The number of allylic oxidation sites excluding steroid dienone is 21. The van der Waals surface area contributed by atoms with Crippen molar-refractivity contribution in [1.29, 1.82) is 0 Å². The van der Waals surface area contributed by atoms with Crippen LogP contribution in [0, 0.1) is 0 Å². The second-order valence-corrected chi connectivity index (χ2v) is 20.9. The first-order chi connectivity index (χ1) is 38.5. The molecule has 6 heteroatoms. The molecule has 0 amide bonds. The van der Waals surface area contributed by atoms with Gasteiger partial charge in [0.2, 0.25) is 0 Å². The van der Waals surface area contributed by atoms with Crippen LogP contribution in [-0.2, 0) is 28.6 Å². The molecule has 0 fully saturated rings. The first-order valence-electron chi connectivity index (χ1n) is 32.2. The highest BCUT2D eigenvalue weighted by molar-refractivity contribution is 5.72. The zero-order valence-corrected chi connectivity index (χ0v) is 50.6. The highest BCUT2D eigenvalue weighted by Crippen LogP contribution is 2.17. The molecule has 0 saturated heterocycles. The Morgan fingerprint density at radius 2 is 0.551 bits per heavy atom. The minimum Gasteiger partial charge on any atom is -0.462 e. The fourth-order valence-corrected chi connectivity index (χ4v) is 8.70. The third kappa shape index (κ3) is 62.4. The van der Waals surface area contributed by atoms with Crippen LogP contribution in [0.25, 0.3) is 0 Å². The molecule has 0 aromatic rings. The minimum atomic E-state index is -0.846. The smallest absolute Gasteiger partial charge is 0.309 e. The lowest BCUT2D eigenvalue weighted by atomic mass is 10.0. The molecule has 0 aliphatic carbocycles. The molecule has 0 heterocycles. The predicted octanol–water partition coefficient (Wildman–Crippen LogP) is 22.2. The Labute approximate surface area is 481 Å². The summed E-state index contributed by atoms with van der Waals surface area (Å²) in [5.41, 5.74) is 0. The summed E-state index contributed by atoms with van der Waals surface area (Å²) in [5.74, 6) is -1.10. The highest BCUT2D eigenvalue weighted by atomic mass is 16.6. The molecule has 0 radical (unpaired) electrons. The first-order valence-corrected chi connectivity index (χ1v) is 32.2. The summed E-state index contributed by atoms with van der Waals surface area (Å²) in [6, 6.07) is 0. The van der Waals surface area contributed by atoms with Crippen LogP contribution >= 0.6 is 0 Å². The van der Waals surface area contributed by atoms with Gasteiger partial charge in [0.15, 0.2) is 6.10 Å². The third-order valence-electron chi connectivity index (χ3n) is 13.4. The number of carbonyl (C=O) groups excluding carboxylic acids is 3. The average molecular weight is 1080 g/mol. The molecule has 0 aromatic heterocycles. The summed E-state index contributed by atoms with van der Waals surface area (Å²) < 4.78 is 16.8. The van der Waals surface area contributed by atoms with Crippen LogP contribution in [0.15, 0.2) is 134 Å². The summed E-state index contributed by atoms with van der Waals surface area (Å²) in [6.45, 7) is 6.31. The standard InChI is InChI=1S/C72H118O6/c1-4-7-10-13-16-19-22-25-28-30-32-34-35-36-38-39-41-44-47-50-53-56-59-62-65-71(74)77-68-69(67-76-70(73)64-61-58-55-52-49-46-43-27-24-21-18-15-12-9-6-3)78-72(75)66-63-60-57-54-51-48-45-42-40-37-33-31-29-26-23-20-17-14-11-8-5-2/h8-9,11-12,17-18,20-21,26-27,29,33,37,42-43,45,49,51-52,54,58,61,69H,4-7,10,13-16,19,22-25,28,30-32,34-36,38-41,44,46-48,50,53,55-57,59-60,62-68H2,1-3H3/b11-8-,12-9-,20-17-,21-18-,29-26-,37-33-,43-27-,45-42-,52-49-,54-51-,61-58-. The molecular weight excluding hydrogens is 961 g/mol. The molecule has 78 heavy (non-hydrogen) atoms. The number of hydrogen-bond donors (Lipinski definition) is 0. The van der Waals surface area contributed by atoms with Gasteiger partial charge < -0.3 is 14.2 Å². The van der Waals surface area contributed by atoms with Crippen LogP contribution in [0.5, 0.6) is 0 Å². The summed E-state index contributed by atoms with van der Waals surface area (Å²) in [7, 11) is 0. The van der Waals surface area contributed by atoms with Crippen molar-refractivity contribution in [2.75, 3.05) is 13.2 Å². The number of unbranched alkanes of at least 4 members (excludes halogenated alkanes) is 25. The van der Waals surface area contributed by atoms with E-state index in [0.717, 1.165) is 103 Å². The van der Waals surface area contributed by atoms with Gasteiger partial charge in [0.25, 0.3) is 0 Å². The maximum atomic E-state index is 12.9. The molecule has 0 saturated carbocycles. The van der Waals surface area contributed by atoms with E-state index >= 15 is 0 Å². The molecule has 0 spiro atoms. The van der Waals surface area contributed by atoms with E-state index in [1.165, 1.54) is 135 Å². The van der Waals surface area contributed by atoms with Crippen molar-refractivity contribution in [3.8, 4) is 0 Å². The quantitative estimate of drug-likeness (QED) is 0.0261. The lowest BCUT2D eigenvalue weighted by Gasteiger charge is -2.18. The number of hydrogen-bond acceptors (Lipinski definition) is 6. The van der Waals surface area contributed by atoms with E-state index in [9.17, 15) is 14.4 Å². The van der Waals surface area contributed by atoms with Crippen LogP contribution in [-0.4, -0.2) is 37.2 Å². The Hall–Kier alpha value is -4.45. The van der Waals surface area contributed by atoms with E-state index < -0.39 is 12.1 Å². The van der Waals surface area contributed by atoms with Crippen LogP contribution in [0.1, 0.15) is 284 Å². The van der Waals surface area contributed by atoms with Gasteiger partial charge in [-0.25, -0.2) is 0 Å². The molecule has 442 valence electrons. The fourth-order valence-electron chi connectivity index (χ4n) is 8.70. The SMILES string of the molecule is CC/C=C\C/C=C\C/C=C\C/C=C\C/C=C\C/C=C\CCCCC(=O)OC(COC(=O)C/C=C\C/C=C\C/C=C\C/C=C\C/C=C\CC)COC(=O)CCCCCCCCCCCCCCCCCCCCCCCCCC. The van der Waals surface area contributed by atoms with Crippen molar-refractivity contribution >= 4 is 17.9 Å². The maximum absolute atomic E-state index is 12.9. The lowest BCUT2D eigenvalue weighted by Crippen LogP contribution is -2.30. The second kappa shape index (κ2) is 65.1. The fraction of sp³-hybridized carbons (Fsp3) is 0.653. The molecular formula is C72H118O6. The molecule has 0 aliphatic rings. The second-order valence-electron chi connectivity index (χ2n) is 20.9. The number of rotatable bonds is 57. The Kier molecular flexibility index (Phi) is 61.4. The zero-order chi connectivity index (χ0) is 56.4. The van der Waals surface area contributed by atoms with Gasteiger partial charge >= 0.3 is 17.9 Å². The van der Waals surface area contributed by atoms with Crippen LogP contribution in [0.3, 0.4) is 0 Å². The number of ether oxygens (including phenoxy) is 3. The van der Waals surface area contributed by atoms with Crippen molar-refractivity contribution in [2.24, 2.45) is 0 Å². The van der Waals surface area contributed by atoms with Crippen molar-refractivity contribution in [3.05, 3.63) is 134 Å². The summed E-state index contributed by atoms with van der Waals surface area (Å²) in [5, 5.41) is 0. The summed E-state index contributed by atoms with van der Waals surface area (Å²) in [4.78, 5) is 38.2. The van der Waals surface area contributed by atoms with Crippen LogP contribution in [0.4, 0.5) is 0 Å². The van der Waals surface area contributed by atoms with Crippen LogP contribution < -0.4 is 0 Å². The molecule has 0 N–H and O–H groups in total. The van der Waals surface area contributed by atoms with E-state index in [0.29, 0.717) is 12.8 Å². The molecule has 1 unspecified atom stereocenters. The molecule has 0 rings (SSSR count). The van der Waals surface area contributed by atoms with Crippen molar-refractivity contribution in [3.63, 3.8) is 0 Å². The lowest BCUT2D eigenvalue weighted by molar-refractivity contribution is -0.166. The number of esters is 3. The van der Waals surface area contributed by atoms with E-state index in [1.807, 2.05) is 6.08 Å². The van der Waals surface area contributed by atoms with E-state index in [1.54, 1.807) is 6.08 Å². The topological polar surface area (TPSA) is 78.9 Å². The summed E-state index contributed by atoms with van der Waals surface area (Å²) >= 11 is 0. The predicted molar refractivity (Wildman–Crippen MR) is 339 cm³/mol. The minimum absolute atomic E-state index is 0.113. The van der Waals surface area contributed by atoms with Crippen LogP contribution in [0.2, 0.25) is 0 Å². The van der Waals surface area contributed by atoms with E-state index in [-0.39, 0.29) is 38.0 Å². The van der Waals surface area contributed by atoms with Gasteiger partial charge in [-0.15, -0.1) is 0 Å². The monoisotopic (exact) mass is 1080 g/mol. The molecule has 0 aromatic carbocycles. The molecule has 1 atom stereocenters. The van der Waals surface area contributed by atoms with E-state index in [4.69, 9.17) is 14.2 Å². The highest BCUT2D eigenvalue weighted by Gasteiger charge is 2.19. The Morgan fingerprint density at radius 1 is 0.282 bits per heavy atom. The maximum Gasteiger partial charge on any atom is 0.309 e. The Balaban J connectivity index is 4.48. The summed E-state index contributed by atoms with van der Waals surface area (Å²) in [6.07, 6.45) is 92.1. The third-order valence-corrected chi connectivity index (χ3v) is 13.4. The first kappa shape index (κ1) is 73.5. The van der Waals surface area contributed by atoms with Gasteiger partial charge in [0.05, 0.1) is 6.42 Å². The number of carbonyl (C=O) groups is 3. The molecule has 0 aliphatic heterocycles. The largest absolute Gasteiger partial charge is 0.462 e. The van der Waals surface area contributed by atoms with Gasteiger partial charge in [-0.3, -0.25) is 14.4 Å². The zero-order valence-electron chi connectivity index (χ0n) is 50.6. The Bertz CT molecular complexity index is 1670. The van der Waals surface area contributed by atoms with Crippen molar-refractivity contribution < 1.29 is 28.6 Å². The molecule has 0 bridgehead atoms. The van der Waals surface area contributed by atoms with Gasteiger partial charge in [-0.1, -0.05) is 302 Å².